The quantitative estimate of drug-likeness (QED) is 0.698. The van der Waals surface area contributed by atoms with Crippen LogP contribution in [0, 0.1) is 0 Å². The van der Waals surface area contributed by atoms with Gasteiger partial charge < -0.3 is 14.8 Å². The Labute approximate surface area is 164 Å². The first-order valence-electron chi connectivity index (χ1n) is 7.83. The van der Waals surface area contributed by atoms with Crippen molar-refractivity contribution in [2.45, 2.75) is 25.7 Å². The molecule has 1 fully saturated rings. The fourth-order valence-corrected chi connectivity index (χ4v) is 2.93. The first-order chi connectivity index (χ1) is 11.3. The molecule has 0 aromatic heterocycles. The number of methoxy groups -OCH3 is 1. The number of piperazine rings is 1. The van der Waals surface area contributed by atoms with Gasteiger partial charge in [-0.2, -0.15) is 0 Å². The molecule has 1 heterocycles. The molecular weight excluding hydrogens is 392 g/mol. The predicted octanol–water partition coefficient (Wildman–Crippen LogP) is 4.35. The van der Waals surface area contributed by atoms with Crippen LogP contribution in [0.3, 0.4) is 0 Å². The highest BCUT2D eigenvalue weighted by atomic mass is 35.5. The van der Waals surface area contributed by atoms with Crippen LogP contribution in [0.15, 0.2) is 30.4 Å². The Morgan fingerprint density at radius 3 is 2.38 bits per heavy atom. The lowest BCUT2D eigenvalue weighted by Gasteiger charge is -2.36. The van der Waals surface area contributed by atoms with Crippen molar-refractivity contribution in [1.29, 1.82) is 0 Å². The summed E-state index contributed by atoms with van der Waals surface area (Å²) in [6, 6.07) is 4.11. The molecule has 1 aliphatic rings. The van der Waals surface area contributed by atoms with Crippen LogP contribution in [-0.4, -0.2) is 44.6 Å². The maximum absolute atomic E-state index is 12.5. The number of nitrogens with one attached hydrogen (secondary N) is 1. The second-order valence-corrected chi connectivity index (χ2v) is 5.91. The number of hydrogen-bond acceptors (Lipinski definition) is 4. The van der Waals surface area contributed by atoms with Crippen molar-refractivity contribution >= 4 is 24.8 Å². The van der Waals surface area contributed by atoms with Crippen molar-refractivity contribution in [2.24, 2.45) is 0 Å². The van der Waals surface area contributed by atoms with E-state index in [1.165, 1.54) is 25.3 Å². The second kappa shape index (κ2) is 10.9. The molecule has 1 aliphatic heterocycles. The van der Waals surface area contributed by atoms with Gasteiger partial charge in [0.1, 0.15) is 11.5 Å². The summed E-state index contributed by atoms with van der Waals surface area (Å²) in [5.74, 6) is 0.314. The van der Waals surface area contributed by atoms with Crippen molar-refractivity contribution in [3.05, 3.63) is 35.9 Å². The number of halogens is 5. The third-order valence-corrected chi connectivity index (χ3v) is 3.93. The molecule has 0 bridgehead atoms. The standard InChI is InChI=1S/C17H23F3N2O2.2ClH/c1-12(2)10-15(22-8-6-21-7-9-22)14-11-13(24-17(18,19)20)4-5-16(14)23-3;;/h4-5,11,15,21H,1,6-10H2,2-3H3;2*1H/t15-;;/m1../s1. The van der Waals surface area contributed by atoms with Gasteiger partial charge in [0.05, 0.1) is 7.11 Å². The van der Waals surface area contributed by atoms with E-state index < -0.39 is 6.36 Å². The van der Waals surface area contributed by atoms with Crippen LogP contribution < -0.4 is 14.8 Å². The van der Waals surface area contributed by atoms with Gasteiger partial charge in [0.25, 0.3) is 0 Å². The predicted molar refractivity (Wildman–Crippen MR) is 101 cm³/mol. The van der Waals surface area contributed by atoms with Crippen LogP contribution in [0.2, 0.25) is 0 Å². The molecule has 0 unspecified atom stereocenters. The highest BCUT2D eigenvalue weighted by Crippen LogP contribution is 2.37. The van der Waals surface area contributed by atoms with Crippen LogP contribution in [0.5, 0.6) is 11.5 Å². The van der Waals surface area contributed by atoms with E-state index in [9.17, 15) is 13.2 Å². The number of ether oxygens (including phenoxy) is 2. The van der Waals surface area contributed by atoms with Crippen LogP contribution in [-0.2, 0) is 0 Å². The number of nitrogens with zero attached hydrogens (tertiary/aromatic N) is 1. The van der Waals surface area contributed by atoms with Crippen molar-refractivity contribution in [1.82, 2.24) is 10.2 Å². The number of alkyl halides is 3. The Balaban J connectivity index is 0.00000312. The third-order valence-electron chi connectivity index (χ3n) is 3.93. The molecular formula is C17H25Cl2F3N2O2. The van der Waals surface area contributed by atoms with E-state index in [1.54, 1.807) is 0 Å². The molecule has 0 amide bonds. The fraction of sp³-hybridized carbons (Fsp3) is 0.529. The van der Waals surface area contributed by atoms with Crippen LogP contribution in [0.25, 0.3) is 0 Å². The Hall–Kier alpha value is -1.15. The molecule has 0 saturated carbocycles. The maximum Gasteiger partial charge on any atom is 0.573 e. The largest absolute Gasteiger partial charge is 0.573 e. The van der Waals surface area contributed by atoms with E-state index in [1.807, 2.05) is 6.92 Å². The molecule has 4 nitrogen and oxygen atoms in total. The van der Waals surface area contributed by atoms with Crippen molar-refractivity contribution < 1.29 is 22.6 Å². The molecule has 9 heteroatoms. The minimum absolute atomic E-state index is 0. The summed E-state index contributed by atoms with van der Waals surface area (Å²) in [5, 5.41) is 3.28. The monoisotopic (exact) mass is 416 g/mol. The van der Waals surface area contributed by atoms with Crippen molar-refractivity contribution in [2.75, 3.05) is 33.3 Å². The van der Waals surface area contributed by atoms with E-state index >= 15 is 0 Å². The Kier molecular flexibility index (Phi) is 10.4. The summed E-state index contributed by atoms with van der Waals surface area (Å²) in [6.45, 7) is 9.18. The molecule has 1 atom stereocenters. The lowest BCUT2D eigenvalue weighted by Crippen LogP contribution is -2.45. The lowest BCUT2D eigenvalue weighted by molar-refractivity contribution is -0.274. The minimum Gasteiger partial charge on any atom is -0.496 e. The highest BCUT2D eigenvalue weighted by molar-refractivity contribution is 5.85. The summed E-state index contributed by atoms with van der Waals surface area (Å²) < 4.78 is 47.1. The molecule has 1 aromatic rings. The van der Waals surface area contributed by atoms with Crippen molar-refractivity contribution in [3.63, 3.8) is 0 Å². The fourth-order valence-electron chi connectivity index (χ4n) is 2.93. The van der Waals surface area contributed by atoms with Crippen LogP contribution in [0.1, 0.15) is 24.9 Å². The van der Waals surface area contributed by atoms with Crippen molar-refractivity contribution in [3.8, 4) is 11.5 Å². The van der Waals surface area contributed by atoms with E-state index in [-0.39, 0.29) is 36.6 Å². The third kappa shape index (κ3) is 7.23. The maximum atomic E-state index is 12.5. The summed E-state index contributed by atoms with van der Waals surface area (Å²) >= 11 is 0. The average molecular weight is 417 g/mol. The van der Waals surface area contributed by atoms with Gasteiger partial charge >= 0.3 is 6.36 Å². The summed E-state index contributed by atoms with van der Waals surface area (Å²) in [7, 11) is 1.51. The van der Waals surface area contributed by atoms with E-state index in [0.717, 1.165) is 31.8 Å². The summed E-state index contributed by atoms with van der Waals surface area (Å²) in [6.07, 6.45) is -4.07. The summed E-state index contributed by atoms with van der Waals surface area (Å²) in [5.41, 5.74) is 1.65. The Bertz CT molecular complexity index is 580. The van der Waals surface area contributed by atoms with Gasteiger partial charge in [0, 0.05) is 37.8 Å². The molecule has 1 N–H and O–H groups in total. The van der Waals surface area contributed by atoms with Gasteiger partial charge in [-0.25, -0.2) is 0 Å². The normalized spacial score (nSPS) is 16.0. The molecule has 0 aliphatic carbocycles. The lowest BCUT2D eigenvalue weighted by atomic mass is 9.96. The zero-order chi connectivity index (χ0) is 17.7. The van der Waals surface area contributed by atoms with Gasteiger partial charge in [-0.3, -0.25) is 4.90 Å². The number of rotatable bonds is 6. The zero-order valence-electron chi connectivity index (χ0n) is 14.8. The summed E-state index contributed by atoms with van der Waals surface area (Å²) in [4.78, 5) is 2.24. The molecule has 1 saturated heterocycles. The first-order valence-corrected chi connectivity index (χ1v) is 7.83. The SMILES string of the molecule is C=C(C)C[C@H](c1cc(OC(F)(F)F)ccc1OC)N1CCNCC1.Cl.Cl. The average Bonchev–Trinajstić information content (AvgIpc) is 2.52. The Morgan fingerprint density at radius 1 is 1.27 bits per heavy atom. The van der Waals surface area contributed by atoms with E-state index in [0.29, 0.717) is 17.7 Å². The Morgan fingerprint density at radius 2 is 1.88 bits per heavy atom. The molecule has 150 valence electrons. The van der Waals surface area contributed by atoms with Gasteiger partial charge in [0.2, 0.25) is 0 Å². The van der Waals surface area contributed by atoms with Crippen LogP contribution >= 0.6 is 24.8 Å². The van der Waals surface area contributed by atoms with Gasteiger partial charge in [-0.15, -0.1) is 44.6 Å². The van der Waals surface area contributed by atoms with Gasteiger partial charge in [-0.05, 0) is 31.5 Å². The second-order valence-electron chi connectivity index (χ2n) is 5.91. The van der Waals surface area contributed by atoms with E-state index in [4.69, 9.17) is 4.74 Å². The molecule has 2 rings (SSSR count). The highest BCUT2D eigenvalue weighted by Gasteiger charge is 2.32. The van der Waals surface area contributed by atoms with Gasteiger partial charge in [0.15, 0.2) is 0 Å². The topological polar surface area (TPSA) is 33.7 Å². The molecule has 0 spiro atoms. The molecule has 1 aromatic carbocycles. The van der Waals surface area contributed by atoms with Gasteiger partial charge in [-0.1, -0.05) is 5.57 Å². The number of benzene rings is 1. The molecule has 0 radical (unpaired) electrons. The van der Waals surface area contributed by atoms with E-state index in [2.05, 4.69) is 21.5 Å². The minimum atomic E-state index is -4.72. The van der Waals surface area contributed by atoms with Crippen LogP contribution in [0.4, 0.5) is 13.2 Å². The first kappa shape index (κ1) is 24.8. The smallest absolute Gasteiger partial charge is 0.496 e. The zero-order valence-corrected chi connectivity index (χ0v) is 16.4. The number of hydrogen-bond donors (Lipinski definition) is 1. The molecule has 26 heavy (non-hydrogen) atoms.